The standard InChI is InChI=1S/C19H41NSi2.C13H29NSi2.C4H6/c1-9-11-12-13-16-19(15-10-2)17-14-18-20(21(3,4)5)22(6,7)8;1-9-13(2)11-10-12-14(15(3,4)5)16(6,7)8;1-3-4-2/h11-12,15H,9-10,13-14,16-18H2,1-8H3;9H,1-2,10-12H2,3-8H3;3-4H,1-2H2/b12-11-,19-15+;;. The summed E-state index contributed by atoms with van der Waals surface area (Å²) in [6, 6.07) is 0. The van der Waals surface area contributed by atoms with E-state index in [1.165, 1.54) is 57.2 Å². The second-order valence-electron chi connectivity index (χ2n) is 15.2. The summed E-state index contributed by atoms with van der Waals surface area (Å²) in [5.74, 6) is 0. The van der Waals surface area contributed by atoms with Crippen LogP contribution in [0.3, 0.4) is 0 Å². The van der Waals surface area contributed by atoms with Crippen molar-refractivity contribution in [2.45, 2.75) is 144 Å². The van der Waals surface area contributed by atoms with Gasteiger partial charge in [0, 0.05) is 0 Å². The normalized spacial score (nSPS) is 12.9. The molecule has 0 aliphatic rings. The number of nitrogens with zero attached hydrogens (tertiary/aromatic N) is 2. The smallest absolute Gasteiger partial charge is 0.112 e. The lowest BCUT2D eigenvalue weighted by molar-refractivity contribution is 0.575. The lowest BCUT2D eigenvalue weighted by Gasteiger charge is -2.43. The van der Waals surface area contributed by atoms with E-state index >= 15 is 0 Å². The minimum absolute atomic E-state index is 1.09. The van der Waals surface area contributed by atoms with Crippen LogP contribution in [0.4, 0.5) is 0 Å². The molecule has 42 heavy (non-hydrogen) atoms. The zero-order valence-corrected chi connectivity index (χ0v) is 35.3. The van der Waals surface area contributed by atoms with Crippen LogP contribution in [0.1, 0.15) is 65.2 Å². The third-order valence-corrected chi connectivity index (χ3v) is 22.4. The van der Waals surface area contributed by atoms with Gasteiger partial charge in [0.25, 0.3) is 0 Å². The molecule has 0 N–H and O–H groups in total. The van der Waals surface area contributed by atoms with E-state index in [2.05, 4.69) is 145 Å². The van der Waals surface area contributed by atoms with E-state index in [9.17, 15) is 0 Å². The molecule has 0 saturated carbocycles. The molecule has 0 fully saturated rings. The lowest BCUT2D eigenvalue weighted by Crippen LogP contribution is -2.59. The van der Waals surface area contributed by atoms with Crippen LogP contribution in [0.2, 0.25) is 78.6 Å². The van der Waals surface area contributed by atoms with Gasteiger partial charge in [-0.25, -0.2) is 0 Å². The Morgan fingerprint density at radius 3 is 1.29 bits per heavy atom. The molecule has 2 nitrogen and oxygen atoms in total. The highest BCUT2D eigenvalue weighted by Gasteiger charge is 2.34. The number of allylic oxidation sites excluding steroid dienone is 8. The van der Waals surface area contributed by atoms with E-state index in [-0.39, 0.29) is 0 Å². The first kappa shape index (κ1) is 45.7. The van der Waals surface area contributed by atoms with Gasteiger partial charge < -0.3 is 8.46 Å². The van der Waals surface area contributed by atoms with Gasteiger partial charge in [-0.1, -0.05) is 166 Å². The average Bonchev–Trinajstić information content (AvgIpc) is 2.84. The topological polar surface area (TPSA) is 6.48 Å². The fourth-order valence-electron chi connectivity index (χ4n) is 5.56. The van der Waals surface area contributed by atoms with Crippen molar-refractivity contribution in [3.8, 4) is 0 Å². The maximum Gasteiger partial charge on any atom is 0.112 e. The van der Waals surface area contributed by atoms with Gasteiger partial charge >= 0.3 is 0 Å². The van der Waals surface area contributed by atoms with Gasteiger partial charge in [-0.3, -0.25) is 0 Å². The monoisotopic (exact) mass is 649 g/mol. The van der Waals surface area contributed by atoms with Crippen molar-refractivity contribution in [2.24, 2.45) is 0 Å². The molecule has 0 atom stereocenters. The van der Waals surface area contributed by atoms with Gasteiger partial charge in [0.15, 0.2) is 0 Å². The van der Waals surface area contributed by atoms with Gasteiger partial charge in [0.05, 0.1) is 0 Å². The van der Waals surface area contributed by atoms with Crippen molar-refractivity contribution in [3.63, 3.8) is 0 Å². The molecule has 246 valence electrons. The Hall–Kier alpha value is -0.772. The predicted octanol–water partition coefficient (Wildman–Crippen LogP) is 12.7. The number of hydrogen-bond acceptors (Lipinski definition) is 2. The molecule has 0 unspecified atom stereocenters. The maximum atomic E-state index is 3.98. The van der Waals surface area contributed by atoms with Crippen molar-refractivity contribution in [1.29, 1.82) is 0 Å². The highest BCUT2D eigenvalue weighted by atomic mass is 28.4. The quantitative estimate of drug-likeness (QED) is 0.0781. The fourth-order valence-corrected chi connectivity index (χ4v) is 25.0. The minimum atomic E-state index is -1.18. The molecule has 0 aliphatic carbocycles. The Balaban J connectivity index is -0.000000665. The first-order chi connectivity index (χ1) is 19.1. The minimum Gasteiger partial charge on any atom is -0.346 e. The van der Waals surface area contributed by atoms with Gasteiger partial charge in [-0.15, -0.1) is 0 Å². The predicted molar refractivity (Wildman–Crippen MR) is 212 cm³/mol. The van der Waals surface area contributed by atoms with Gasteiger partial charge in [-0.2, -0.15) is 0 Å². The third-order valence-electron chi connectivity index (χ3n) is 6.98. The van der Waals surface area contributed by atoms with E-state index in [0.717, 1.165) is 12.8 Å². The maximum absolute atomic E-state index is 3.98. The molecule has 0 spiro atoms. The van der Waals surface area contributed by atoms with Crippen molar-refractivity contribution < 1.29 is 0 Å². The molecule has 6 heteroatoms. The summed E-state index contributed by atoms with van der Waals surface area (Å²) in [7, 11) is -4.70. The average molecular weight is 649 g/mol. The van der Waals surface area contributed by atoms with Gasteiger partial charge in [0.2, 0.25) is 0 Å². The summed E-state index contributed by atoms with van der Waals surface area (Å²) in [5.41, 5.74) is 2.85. The second kappa shape index (κ2) is 23.6. The van der Waals surface area contributed by atoms with E-state index in [0.29, 0.717) is 0 Å². The van der Waals surface area contributed by atoms with Crippen molar-refractivity contribution >= 4 is 32.9 Å². The molecule has 0 bridgehead atoms. The molecule has 0 heterocycles. The zero-order valence-electron chi connectivity index (χ0n) is 31.3. The molecular weight excluding hydrogens is 573 g/mol. The number of hydrogen-bond donors (Lipinski definition) is 0. The fraction of sp³-hybridized carbons (Fsp3) is 0.667. The molecule has 0 radical (unpaired) electrons. The van der Waals surface area contributed by atoms with Crippen LogP contribution in [0, 0.1) is 0 Å². The van der Waals surface area contributed by atoms with Crippen molar-refractivity contribution in [3.05, 3.63) is 73.9 Å². The van der Waals surface area contributed by atoms with E-state index in [4.69, 9.17) is 0 Å². The summed E-state index contributed by atoms with van der Waals surface area (Å²) in [6.07, 6.45) is 22.0. The molecule has 0 rings (SSSR count). The Morgan fingerprint density at radius 1 is 0.571 bits per heavy atom. The second-order valence-corrected chi connectivity index (χ2v) is 35.6. The van der Waals surface area contributed by atoms with Gasteiger partial charge in [0.1, 0.15) is 32.9 Å². The summed E-state index contributed by atoms with van der Waals surface area (Å²) in [5, 5.41) is 0. The third kappa shape index (κ3) is 25.7. The molecule has 0 aromatic heterocycles. The lowest BCUT2D eigenvalue weighted by atomic mass is 10.0. The highest BCUT2D eigenvalue weighted by Crippen LogP contribution is 2.23. The Kier molecular flexibility index (Phi) is 25.6. The first-order valence-electron chi connectivity index (χ1n) is 16.5. The molecule has 0 saturated heterocycles. The largest absolute Gasteiger partial charge is 0.346 e. The Bertz CT molecular complexity index is 766. The molecule has 0 aliphatic heterocycles. The van der Waals surface area contributed by atoms with Crippen molar-refractivity contribution in [2.75, 3.05) is 13.1 Å². The van der Waals surface area contributed by atoms with Crippen LogP contribution in [0.15, 0.2) is 73.9 Å². The highest BCUT2D eigenvalue weighted by molar-refractivity contribution is 6.90. The van der Waals surface area contributed by atoms with E-state index in [1.807, 2.05) is 6.08 Å². The first-order valence-corrected chi connectivity index (χ1v) is 30.3. The van der Waals surface area contributed by atoms with Gasteiger partial charge in [-0.05, 0) is 64.5 Å². The van der Waals surface area contributed by atoms with Crippen LogP contribution in [0.25, 0.3) is 0 Å². The van der Waals surface area contributed by atoms with Crippen LogP contribution >= 0.6 is 0 Å². The Labute approximate surface area is 271 Å². The van der Waals surface area contributed by atoms with Crippen LogP contribution in [-0.2, 0) is 0 Å². The summed E-state index contributed by atoms with van der Waals surface area (Å²) >= 11 is 0. The summed E-state index contributed by atoms with van der Waals surface area (Å²) in [6.45, 7) is 51.2. The Morgan fingerprint density at radius 2 is 0.976 bits per heavy atom. The SMILES string of the molecule is C=CC(=C)CCCN([Si](C)(C)C)[Si](C)(C)C.C=CC=C.CC/C=C\CC/C(=C\CC)CCCN([Si](C)(C)C)[Si](C)(C)C. The molecule has 0 aromatic carbocycles. The van der Waals surface area contributed by atoms with Crippen LogP contribution in [0.5, 0.6) is 0 Å². The number of rotatable bonds is 19. The van der Waals surface area contributed by atoms with E-state index < -0.39 is 32.9 Å². The van der Waals surface area contributed by atoms with Crippen LogP contribution in [-0.4, -0.2) is 54.5 Å². The van der Waals surface area contributed by atoms with E-state index in [1.54, 1.807) is 17.7 Å². The molecular formula is C36H76N2Si4. The summed E-state index contributed by atoms with van der Waals surface area (Å²) in [4.78, 5) is 0. The molecule has 0 aromatic rings. The summed E-state index contributed by atoms with van der Waals surface area (Å²) < 4.78 is 5.75. The zero-order chi connectivity index (χ0) is 33.6. The van der Waals surface area contributed by atoms with Crippen LogP contribution < -0.4 is 0 Å². The molecule has 0 amide bonds. The van der Waals surface area contributed by atoms with Crippen molar-refractivity contribution in [1.82, 2.24) is 8.46 Å².